The fraction of sp³-hybridized carbons (Fsp3) is 0.214. The summed E-state index contributed by atoms with van der Waals surface area (Å²) in [5, 5.41) is 1.07. The van der Waals surface area contributed by atoms with Crippen LogP contribution in [0.4, 0.5) is 10.1 Å². The maximum absolute atomic E-state index is 15.0. The SMILES string of the molecule is CN(C)CCN1C(=O)C(Cc2c[nH]c3ccccc23)N=C(c2ccccc2F)c2ccccc21. The van der Waals surface area contributed by atoms with Crippen LogP contribution in [-0.2, 0) is 11.2 Å². The van der Waals surface area contributed by atoms with Gasteiger partial charge in [0.1, 0.15) is 11.9 Å². The van der Waals surface area contributed by atoms with Gasteiger partial charge in [0.25, 0.3) is 5.91 Å². The molecule has 1 aliphatic rings. The number of halogens is 1. The van der Waals surface area contributed by atoms with E-state index in [2.05, 4.69) is 4.98 Å². The first kappa shape index (κ1) is 22.0. The van der Waals surface area contributed by atoms with Gasteiger partial charge < -0.3 is 14.8 Å². The molecule has 5 rings (SSSR count). The lowest BCUT2D eigenvalue weighted by Gasteiger charge is -2.26. The van der Waals surface area contributed by atoms with Gasteiger partial charge in [-0.1, -0.05) is 48.5 Å². The number of H-pyrrole nitrogens is 1. The van der Waals surface area contributed by atoms with E-state index >= 15 is 0 Å². The fourth-order valence-corrected chi connectivity index (χ4v) is 4.53. The largest absolute Gasteiger partial charge is 0.361 e. The van der Waals surface area contributed by atoms with Gasteiger partial charge in [0.05, 0.1) is 11.4 Å². The summed E-state index contributed by atoms with van der Waals surface area (Å²) in [4.78, 5) is 26.0. The Kier molecular flexibility index (Phi) is 5.99. The van der Waals surface area contributed by atoms with E-state index in [0.717, 1.165) is 27.7 Å². The van der Waals surface area contributed by atoms with E-state index in [1.165, 1.54) is 6.07 Å². The predicted octanol–water partition coefficient (Wildman–Crippen LogP) is 4.66. The van der Waals surface area contributed by atoms with Crippen molar-refractivity contribution in [3.63, 3.8) is 0 Å². The Balaban J connectivity index is 1.66. The van der Waals surface area contributed by atoms with Crippen molar-refractivity contribution < 1.29 is 9.18 Å². The Morgan fingerprint density at radius 2 is 1.68 bits per heavy atom. The Morgan fingerprint density at radius 1 is 0.971 bits per heavy atom. The average Bonchev–Trinajstić information content (AvgIpc) is 3.20. The second-order valence-corrected chi connectivity index (χ2v) is 8.85. The molecule has 0 saturated heterocycles. The molecule has 0 aliphatic carbocycles. The van der Waals surface area contributed by atoms with Crippen LogP contribution in [0.15, 0.2) is 84.0 Å². The first-order valence-electron chi connectivity index (χ1n) is 11.5. The zero-order valence-electron chi connectivity index (χ0n) is 19.3. The number of carbonyl (C=O) groups excluding carboxylic acids is 1. The minimum Gasteiger partial charge on any atom is -0.361 e. The van der Waals surface area contributed by atoms with Gasteiger partial charge in [0, 0.05) is 47.7 Å². The number of likely N-dealkylation sites (N-methyl/N-ethyl adjacent to an activating group) is 1. The highest BCUT2D eigenvalue weighted by molar-refractivity contribution is 6.20. The first-order chi connectivity index (χ1) is 16.5. The monoisotopic (exact) mass is 454 g/mol. The molecule has 0 bridgehead atoms. The molecular weight excluding hydrogens is 427 g/mol. The van der Waals surface area contributed by atoms with E-state index in [9.17, 15) is 9.18 Å². The topological polar surface area (TPSA) is 51.7 Å². The van der Waals surface area contributed by atoms with Crippen molar-refractivity contribution in [1.29, 1.82) is 0 Å². The number of amides is 1. The van der Waals surface area contributed by atoms with Gasteiger partial charge >= 0.3 is 0 Å². The van der Waals surface area contributed by atoms with Crippen LogP contribution >= 0.6 is 0 Å². The molecular formula is C28H27FN4O. The van der Waals surface area contributed by atoms with Crippen LogP contribution in [0.25, 0.3) is 10.9 Å². The number of hydrogen-bond acceptors (Lipinski definition) is 3. The lowest BCUT2D eigenvalue weighted by Crippen LogP contribution is -2.42. The molecule has 3 aromatic carbocycles. The molecule has 0 radical (unpaired) electrons. The summed E-state index contributed by atoms with van der Waals surface area (Å²) in [5.74, 6) is -0.429. The van der Waals surface area contributed by atoms with Gasteiger partial charge in [0.15, 0.2) is 0 Å². The number of anilines is 1. The number of nitrogens with one attached hydrogen (secondary N) is 1. The summed E-state index contributed by atoms with van der Waals surface area (Å²) in [7, 11) is 3.97. The summed E-state index contributed by atoms with van der Waals surface area (Å²) in [6.45, 7) is 1.22. The average molecular weight is 455 g/mol. The quantitative estimate of drug-likeness (QED) is 0.461. The molecule has 172 valence electrons. The minimum atomic E-state index is -0.677. The smallest absolute Gasteiger partial charge is 0.252 e. The molecule has 34 heavy (non-hydrogen) atoms. The molecule has 1 aromatic heterocycles. The molecule has 0 spiro atoms. The van der Waals surface area contributed by atoms with E-state index in [0.29, 0.717) is 30.8 Å². The highest BCUT2D eigenvalue weighted by atomic mass is 19.1. The van der Waals surface area contributed by atoms with Crippen molar-refractivity contribution in [2.24, 2.45) is 4.99 Å². The Morgan fingerprint density at radius 3 is 2.47 bits per heavy atom. The van der Waals surface area contributed by atoms with Gasteiger partial charge in [-0.3, -0.25) is 9.79 Å². The molecule has 1 atom stereocenters. The zero-order chi connectivity index (χ0) is 23.7. The lowest BCUT2D eigenvalue weighted by atomic mass is 9.99. The minimum absolute atomic E-state index is 0.0779. The van der Waals surface area contributed by atoms with Crippen molar-refractivity contribution in [2.75, 3.05) is 32.1 Å². The fourth-order valence-electron chi connectivity index (χ4n) is 4.53. The van der Waals surface area contributed by atoms with Crippen LogP contribution in [0, 0.1) is 5.82 Å². The number of carbonyl (C=O) groups is 1. The molecule has 0 saturated carbocycles. The third kappa shape index (κ3) is 4.13. The second kappa shape index (κ2) is 9.23. The molecule has 6 heteroatoms. The van der Waals surface area contributed by atoms with E-state index in [1.54, 1.807) is 18.2 Å². The normalized spacial score (nSPS) is 16.0. The molecule has 5 nitrogen and oxygen atoms in total. The second-order valence-electron chi connectivity index (χ2n) is 8.85. The highest BCUT2D eigenvalue weighted by Gasteiger charge is 2.33. The third-order valence-corrected chi connectivity index (χ3v) is 6.27. The van der Waals surface area contributed by atoms with Crippen molar-refractivity contribution in [1.82, 2.24) is 9.88 Å². The Bertz CT molecular complexity index is 1370. The summed E-state index contributed by atoms with van der Waals surface area (Å²) < 4.78 is 15.0. The molecule has 1 aliphatic heterocycles. The Hall–Kier alpha value is -3.77. The maximum Gasteiger partial charge on any atom is 0.252 e. The highest BCUT2D eigenvalue weighted by Crippen LogP contribution is 2.31. The standard InChI is InChI=1S/C28H27FN4O/c1-32(2)15-16-33-26-14-8-5-11-22(26)27(21-10-3-6-12-23(21)29)31-25(28(33)34)17-19-18-30-24-13-7-4-9-20(19)24/h3-14,18,25,30H,15-17H2,1-2H3. The molecule has 1 unspecified atom stereocenters. The number of para-hydroxylation sites is 2. The predicted molar refractivity (Wildman–Crippen MR) is 135 cm³/mol. The number of benzodiazepines with no additional fused rings is 1. The number of aromatic amines is 1. The van der Waals surface area contributed by atoms with Gasteiger partial charge in [-0.25, -0.2) is 4.39 Å². The number of aliphatic imine (C=N–C) groups is 1. The first-order valence-corrected chi connectivity index (χ1v) is 11.5. The summed E-state index contributed by atoms with van der Waals surface area (Å²) in [6, 6.07) is 21.6. The Labute approximate surface area is 198 Å². The number of benzene rings is 3. The lowest BCUT2D eigenvalue weighted by molar-refractivity contribution is -0.119. The van der Waals surface area contributed by atoms with Crippen LogP contribution in [0.2, 0.25) is 0 Å². The van der Waals surface area contributed by atoms with Gasteiger partial charge in [0.2, 0.25) is 0 Å². The zero-order valence-corrected chi connectivity index (χ0v) is 19.3. The van der Waals surface area contributed by atoms with Gasteiger partial charge in [-0.2, -0.15) is 0 Å². The van der Waals surface area contributed by atoms with Gasteiger partial charge in [-0.15, -0.1) is 0 Å². The summed E-state index contributed by atoms with van der Waals surface area (Å²) in [5.41, 5.74) is 4.48. The molecule has 1 N–H and O–H groups in total. The number of hydrogen-bond donors (Lipinski definition) is 1. The van der Waals surface area contributed by atoms with Crippen LogP contribution in [0.5, 0.6) is 0 Å². The van der Waals surface area contributed by atoms with Crippen molar-refractivity contribution in [3.05, 3.63) is 102 Å². The van der Waals surface area contributed by atoms with E-state index in [-0.39, 0.29) is 11.7 Å². The van der Waals surface area contributed by atoms with E-state index in [4.69, 9.17) is 4.99 Å². The number of nitrogens with zero attached hydrogens (tertiary/aromatic N) is 3. The van der Waals surface area contributed by atoms with Crippen molar-refractivity contribution in [2.45, 2.75) is 12.5 Å². The van der Waals surface area contributed by atoms with Crippen LogP contribution < -0.4 is 4.90 Å². The number of fused-ring (bicyclic) bond motifs is 2. The molecule has 2 heterocycles. The molecule has 4 aromatic rings. The van der Waals surface area contributed by atoms with Crippen LogP contribution in [-0.4, -0.2) is 54.7 Å². The van der Waals surface area contributed by atoms with Crippen LogP contribution in [0.3, 0.4) is 0 Å². The maximum atomic E-state index is 15.0. The molecule has 1 amide bonds. The van der Waals surface area contributed by atoms with Crippen molar-refractivity contribution in [3.8, 4) is 0 Å². The van der Waals surface area contributed by atoms with Crippen molar-refractivity contribution >= 4 is 28.2 Å². The van der Waals surface area contributed by atoms with E-state index in [1.807, 2.05) is 78.6 Å². The number of aromatic nitrogens is 1. The van der Waals surface area contributed by atoms with Gasteiger partial charge in [-0.05, 0) is 43.9 Å². The van der Waals surface area contributed by atoms with E-state index < -0.39 is 6.04 Å². The number of rotatable bonds is 6. The molecule has 0 fully saturated rings. The summed E-state index contributed by atoms with van der Waals surface area (Å²) >= 11 is 0. The summed E-state index contributed by atoms with van der Waals surface area (Å²) in [6.07, 6.45) is 2.37. The van der Waals surface area contributed by atoms with Crippen LogP contribution in [0.1, 0.15) is 16.7 Å². The third-order valence-electron chi connectivity index (χ3n) is 6.27.